The van der Waals surface area contributed by atoms with Crippen molar-refractivity contribution < 1.29 is 19.0 Å². The van der Waals surface area contributed by atoms with Gasteiger partial charge in [-0.05, 0) is 43.7 Å². The molecule has 2 aromatic rings. The number of carbonyl (C=O) groups excluding carboxylic acids is 1. The molecule has 1 atom stereocenters. The van der Waals surface area contributed by atoms with E-state index < -0.39 is 0 Å². The number of ether oxygens (including phenoxy) is 3. The maximum Gasteiger partial charge on any atom is 0.319 e. The Bertz CT molecular complexity index is 733. The predicted molar refractivity (Wildman–Crippen MR) is 90.7 cm³/mol. The highest BCUT2D eigenvalue weighted by atomic mass is 16.7. The van der Waals surface area contributed by atoms with Gasteiger partial charge in [-0.2, -0.15) is 0 Å². The highest BCUT2D eigenvalue weighted by molar-refractivity contribution is 5.91. The molecular formula is C18H20N2O4. The summed E-state index contributed by atoms with van der Waals surface area (Å²) in [4.78, 5) is 12.3. The number of anilines is 1. The minimum Gasteiger partial charge on any atom is -0.492 e. The number of nitrogens with one attached hydrogen (secondary N) is 2. The second-order valence-corrected chi connectivity index (χ2v) is 5.36. The molecule has 0 unspecified atom stereocenters. The lowest BCUT2D eigenvalue weighted by Crippen LogP contribution is -2.31. The molecule has 1 aliphatic heterocycles. The van der Waals surface area contributed by atoms with Gasteiger partial charge in [0.2, 0.25) is 6.79 Å². The predicted octanol–water partition coefficient (Wildman–Crippen LogP) is 3.70. The van der Waals surface area contributed by atoms with Crippen LogP contribution >= 0.6 is 0 Å². The van der Waals surface area contributed by atoms with Crippen LogP contribution in [0.15, 0.2) is 42.5 Å². The van der Waals surface area contributed by atoms with Crippen LogP contribution in [0.2, 0.25) is 0 Å². The van der Waals surface area contributed by atoms with Crippen molar-refractivity contribution in [3.8, 4) is 17.2 Å². The Labute approximate surface area is 140 Å². The van der Waals surface area contributed by atoms with Crippen LogP contribution in [0.3, 0.4) is 0 Å². The molecular weight excluding hydrogens is 308 g/mol. The van der Waals surface area contributed by atoms with Gasteiger partial charge in [0.15, 0.2) is 11.5 Å². The van der Waals surface area contributed by atoms with E-state index in [0.29, 0.717) is 23.8 Å². The first-order valence-electron chi connectivity index (χ1n) is 7.86. The van der Waals surface area contributed by atoms with Crippen molar-refractivity contribution in [2.45, 2.75) is 19.9 Å². The molecule has 1 aliphatic rings. The third-order valence-corrected chi connectivity index (χ3v) is 3.68. The summed E-state index contributed by atoms with van der Waals surface area (Å²) in [5, 5.41) is 5.72. The topological polar surface area (TPSA) is 68.8 Å². The van der Waals surface area contributed by atoms with E-state index in [0.717, 1.165) is 11.3 Å². The van der Waals surface area contributed by atoms with Gasteiger partial charge >= 0.3 is 6.03 Å². The fourth-order valence-corrected chi connectivity index (χ4v) is 2.47. The monoisotopic (exact) mass is 328 g/mol. The van der Waals surface area contributed by atoms with Crippen LogP contribution in [0.25, 0.3) is 0 Å². The normalized spacial score (nSPS) is 13.2. The van der Waals surface area contributed by atoms with Gasteiger partial charge in [0.1, 0.15) is 5.75 Å². The van der Waals surface area contributed by atoms with Crippen molar-refractivity contribution in [1.29, 1.82) is 0 Å². The summed E-state index contributed by atoms with van der Waals surface area (Å²) in [5.41, 5.74) is 1.57. The van der Waals surface area contributed by atoms with Crippen LogP contribution in [0, 0.1) is 0 Å². The van der Waals surface area contributed by atoms with Crippen molar-refractivity contribution in [3.05, 3.63) is 48.0 Å². The summed E-state index contributed by atoms with van der Waals surface area (Å²) >= 11 is 0. The second-order valence-electron chi connectivity index (χ2n) is 5.36. The Morgan fingerprint density at radius 2 is 2.00 bits per heavy atom. The largest absolute Gasteiger partial charge is 0.492 e. The van der Waals surface area contributed by atoms with Crippen LogP contribution in [-0.2, 0) is 0 Å². The Balaban J connectivity index is 1.64. The van der Waals surface area contributed by atoms with E-state index in [1.807, 2.05) is 50.2 Å². The molecule has 6 nitrogen and oxygen atoms in total. The van der Waals surface area contributed by atoms with Crippen LogP contribution in [0.4, 0.5) is 10.5 Å². The average molecular weight is 328 g/mol. The van der Waals surface area contributed by atoms with Crippen LogP contribution < -0.4 is 24.8 Å². The van der Waals surface area contributed by atoms with Crippen LogP contribution in [-0.4, -0.2) is 19.4 Å². The van der Waals surface area contributed by atoms with Crippen LogP contribution in [0.1, 0.15) is 25.5 Å². The SMILES string of the molecule is CCOc1ccccc1NC(=O)N[C@@H](C)c1ccc2c(c1)OCO2. The van der Waals surface area contributed by atoms with E-state index in [1.54, 1.807) is 6.07 Å². The van der Waals surface area contributed by atoms with Gasteiger partial charge in [0, 0.05) is 0 Å². The number of para-hydroxylation sites is 2. The quantitative estimate of drug-likeness (QED) is 0.878. The zero-order valence-electron chi connectivity index (χ0n) is 13.7. The number of carbonyl (C=O) groups is 1. The molecule has 126 valence electrons. The molecule has 24 heavy (non-hydrogen) atoms. The van der Waals surface area contributed by atoms with Gasteiger partial charge in [-0.3, -0.25) is 0 Å². The number of hydrogen-bond acceptors (Lipinski definition) is 4. The van der Waals surface area contributed by atoms with Gasteiger partial charge in [-0.1, -0.05) is 18.2 Å². The molecule has 1 heterocycles. The lowest BCUT2D eigenvalue weighted by atomic mass is 10.1. The molecule has 0 saturated heterocycles. The maximum absolute atomic E-state index is 12.3. The summed E-state index contributed by atoms with van der Waals surface area (Å²) in [7, 11) is 0. The first kappa shape index (κ1) is 16.0. The lowest BCUT2D eigenvalue weighted by Gasteiger charge is -2.17. The van der Waals surface area contributed by atoms with E-state index in [1.165, 1.54) is 0 Å². The summed E-state index contributed by atoms with van der Waals surface area (Å²) in [6.07, 6.45) is 0. The summed E-state index contributed by atoms with van der Waals surface area (Å²) in [6.45, 7) is 4.58. The van der Waals surface area contributed by atoms with Crippen LogP contribution in [0.5, 0.6) is 17.2 Å². The van der Waals surface area contributed by atoms with E-state index in [4.69, 9.17) is 14.2 Å². The summed E-state index contributed by atoms with van der Waals surface area (Å²) < 4.78 is 16.2. The van der Waals surface area contributed by atoms with Crippen molar-refractivity contribution >= 4 is 11.7 Å². The maximum atomic E-state index is 12.3. The fraction of sp³-hybridized carbons (Fsp3) is 0.278. The standard InChI is InChI=1S/C18H20N2O4/c1-3-22-15-7-5-4-6-14(15)20-18(21)19-12(2)13-8-9-16-17(10-13)24-11-23-16/h4-10,12H,3,11H2,1-2H3,(H2,19,20,21)/t12-/m0/s1. The minimum absolute atomic E-state index is 0.182. The van der Waals surface area contributed by atoms with Gasteiger partial charge in [-0.25, -0.2) is 4.79 Å². The number of amides is 2. The first-order valence-corrected chi connectivity index (χ1v) is 7.86. The Kier molecular flexibility index (Phi) is 4.74. The van der Waals surface area contributed by atoms with Crippen molar-refractivity contribution in [1.82, 2.24) is 5.32 Å². The van der Waals surface area contributed by atoms with Gasteiger partial charge in [0.25, 0.3) is 0 Å². The molecule has 6 heteroatoms. The molecule has 2 amide bonds. The molecule has 0 bridgehead atoms. The molecule has 0 radical (unpaired) electrons. The highest BCUT2D eigenvalue weighted by Crippen LogP contribution is 2.34. The molecule has 0 aromatic heterocycles. The number of fused-ring (bicyclic) bond motifs is 1. The third kappa shape index (κ3) is 3.53. The molecule has 2 aromatic carbocycles. The van der Waals surface area contributed by atoms with E-state index in [9.17, 15) is 4.79 Å². The molecule has 0 spiro atoms. The Morgan fingerprint density at radius 3 is 2.83 bits per heavy atom. The highest BCUT2D eigenvalue weighted by Gasteiger charge is 2.17. The lowest BCUT2D eigenvalue weighted by molar-refractivity contribution is 0.174. The number of rotatable bonds is 5. The van der Waals surface area contributed by atoms with E-state index >= 15 is 0 Å². The number of benzene rings is 2. The smallest absolute Gasteiger partial charge is 0.319 e. The molecule has 3 rings (SSSR count). The Hall–Kier alpha value is -2.89. The van der Waals surface area contributed by atoms with Gasteiger partial charge in [-0.15, -0.1) is 0 Å². The van der Waals surface area contributed by atoms with Crippen molar-refractivity contribution in [3.63, 3.8) is 0 Å². The number of urea groups is 1. The van der Waals surface area contributed by atoms with Crippen molar-refractivity contribution in [2.75, 3.05) is 18.7 Å². The third-order valence-electron chi connectivity index (χ3n) is 3.68. The summed E-state index contributed by atoms with van der Waals surface area (Å²) in [5.74, 6) is 2.06. The zero-order chi connectivity index (χ0) is 16.9. The average Bonchev–Trinajstić information content (AvgIpc) is 3.04. The zero-order valence-corrected chi connectivity index (χ0v) is 13.7. The van der Waals surface area contributed by atoms with E-state index in [-0.39, 0.29) is 18.9 Å². The molecule has 0 saturated carbocycles. The molecule has 2 N–H and O–H groups in total. The van der Waals surface area contributed by atoms with Crippen molar-refractivity contribution in [2.24, 2.45) is 0 Å². The fourth-order valence-electron chi connectivity index (χ4n) is 2.47. The first-order chi connectivity index (χ1) is 11.7. The molecule has 0 fully saturated rings. The van der Waals surface area contributed by atoms with Gasteiger partial charge < -0.3 is 24.8 Å². The Morgan fingerprint density at radius 1 is 1.21 bits per heavy atom. The van der Waals surface area contributed by atoms with E-state index in [2.05, 4.69) is 10.6 Å². The molecule has 0 aliphatic carbocycles. The second kappa shape index (κ2) is 7.12. The number of hydrogen-bond donors (Lipinski definition) is 2. The summed E-state index contributed by atoms with van der Waals surface area (Å²) in [6, 6.07) is 12.5. The minimum atomic E-state index is -0.299. The van der Waals surface area contributed by atoms with Gasteiger partial charge in [0.05, 0.1) is 18.3 Å².